The van der Waals surface area contributed by atoms with Gasteiger partial charge in [-0.2, -0.15) is 0 Å². The second-order valence-corrected chi connectivity index (χ2v) is 12.4. The van der Waals surface area contributed by atoms with Crippen molar-refractivity contribution in [2.45, 2.75) is 44.2 Å². The molecule has 4 aromatic rings. The van der Waals surface area contributed by atoms with Gasteiger partial charge >= 0.3 is 0 Å². The molecule has 0 saturated heterocycles. The van der Waals surface area contributed by atoms with Crippen LogP contribution in [0.3, 0.4) is 0 Å². The molecule has 9 heteroatoms. The predicted octanol–water partition coefficient (Wildman–Crippen LogP) is 5.37. The van der Waals surface area contributed by atoms with Crippen LogP contribution in [0.25, 0.3) is 0 Å². The number of nitrogens with zero attached hydrogens (tertiary/aromatic N) is 2. The van der Waals surface area contributed by atoms with E-state index in [0.717, 1.165) is 27.4 Å². The van der Waals surface area contributed by atoms with Crippen molar-refractivity contribution in [2.24, 2.45) is 0 Å². The Morgan fingerprint density at radius 1 is 0.818 bits per heavy atom. The van der Waals surface area contributed by atoms with E-state index >= 15 is 0 Å². The minimum Gasteiger partial charge on any atom is -0.495 e. The van der Waals surface area contributed by atoms with Crippen molar-refractivity contribution in [2.75, 3.05) is 24.5 Å². The van der Waals surface area contributed by atoms with Gasteiger partial charge in [0.2, 0.25) is 11.8 Å². The molecule has 2 amide bonds. The molecule has 0 unspecified atom stereocenters. The molecule has 0 fully saturated rings. The highest BCUT2D eigenvalue weighted by atomic mass is 32.2. The number of carbonyl (C=O) groups is 2. The number of rotatable bonds is 14. The average molecular weight is 614 g/mol. The van der Waals surface area contributed by atoms with Crippen LogP contribution in [0.2, 0.25) is 0 Å². The van der Waals surface area contributed by atoms with Gasteiger partial charge in [-0.15, -0.1) is 0 Å². The molecular formula is C35H39N3O5S. The van der Waals surface area contributed by atoms with E-state index in [9.17, 15) is 18.0 Å². The van der Waals surface area contributed by atoms with Crippen molar-refractivity contribution < 1.29 is 22.7 Å². The van der Waals surface area contributed by atoms with Crippen LogP contribution < -0.4 is 14.4 Å². The van der Waals surface area contributed by atoms with Crippen molar-refractivity contribution >= 4 is 27.5 Å². The second-order valence-electron chi connectivity index (χ2n) is 10.5. The zero-order chi connectivity index (χ0) is 31.5. The Morgan fingerprint density at radius 3 is 2.02 bits per heavy atom. The molecule has 230 valence electrons. The standard InChI is InChI=1S/C35H39N3O5S/c1-4-23-36-35(40)32(24-28-13-7-5-8-14-28)37(25-29-15-9-6-10-16-29)34(39)26-38(31-17-11-12-18-33(31)43-3)44(41,42)30-21-19-27(2)20-22-30/h5-22,32H,4,23-26H2,1-3H3,(H,36,40)/t32-/m1/s1. The number of benzene rings is 4. The third kappa shape index (κ3) is 8.05. The number of amides is 2. The molecule has 0 aliphatic carbocycles. The summed E-state index contributed by atoms with van der Waals surface area (Å²) in [5, 5.41) is 2.95. The lowest BCUT2D eigenvalue weighted by Gasteiger charge is -2.34. The Morgan fingerprint density at radius 2 is 1.41 bits per heavy atom. The minimum atomic E-state index is -4.22. The van der Waals surface area contributed by atoms with Crippen molar-refractivity contribution in [3.8, 4) is 5.75 Å². The van der Waals surface area contributed by atoms with E-state index in [0.29, 0.717) is 12.3 Å². The summed E-state index contributed by atoms with van der Waals surface area (Å²) in [5.74, 6) is -0.527. The lowest BCUT2D eigenvalue weighted by molar-refractivity contribution is -0.140. The summed E-state index contributed by atoms with van der Waals surface area (Å²) in [4.78, 5) is 29.7. The molecule has 0 aliphatic rings. The summed E-state index contributed by atoms with van der Waals surface area (Å²) in [6.07, 6.45) is 0.987. The number of aryl methyl sites for hydroxylation is 1. The molecule has 8 nitrogen and oxygen atoms in total. The monoisotopic (exact) mass is 613 g/mol. The minimum absolute atomic E-state index is 0.0398. The first kappa shape index (κ1) is 32.3. The number of hydrogen-bond acceptors (Lipinski definition) is 5. The highest BCUT2D eigenvalue weighted by molar-refractivity contribution is 7.92. The molecule has 0 aliphatic heterocycles. The van der Waals surface area contributed by atoms with Crippen molar-refractivity contribution in [3.05, 3.63) is 126 Å². The van der Waals surface area contributed by atoms with Gasteiger partial charge in [-0.05, 0) is 48.7 Å². The molecule has 0 bridgehead atoms. The van der Waals surface area contributed by atoms with Crippen molar-refractivity contribution in [1.29, 1.82) is 0 Å². The largest absolute Gasteiger partial charge is 0.495 e. The van der Waals surface area contributed by atoms with Gasteiger partial charge in [-0.3, -0.25) is 13.9 Å². The maximum atomic E-state index is 14.5. The molecule has 0 heterocycles. The van der Waals surface area contributed by atoms with E-state index in [2.05, 4.69) is 5.32 Å². The first-order chi connectivity index (χ1) is 21.2. The fourth-order valence-electron chi connectivity index (χ4n) is 4.89. The van der Waals surface area contributed by atoms with Crippen LogP contribution >= 0.6 is 0 Å². The normalized spacial score (nSPS) is 11.8. The van der Waals surface area contributed by atoms with Crippen molar-refractivity contribution in [1.82, 2.24) is 10.2 Å². The van der Waals surface area contributed by atoms with Gasteiger partial charge in [-0.25, -0.2) is 8.42 Å². The fourth-order valence-corrected chi connectivity index (χ4v) is 6.31. The van der Waals surface area contributed by atoms with E-state index < -0.39 is 28.5 Å². The molecule has 1 N–H and O–H groups in total. The van der Waals surface area contributed by atoms with Crippen LogP contribution in [0.15, 0.2) is 114 Å². The van der Waals surface area contributed by atoms with E-state index in [1.807, 2.05) is 74.5 Å². The zero-order valence-corrected chi connectivity index (χ0v) is 26.2. The molecule has 0 radical (unpaired) electrons. The van der Waals surface area contributed by atoms with Crippen LogP contribution in [0, 0.1) is 6.92 Å². The number of nitrogens with one attached hydrogen (secondary N) is 1. The molecule has 4 rings (SSSR count). The van der Waals surface area contributed by atoms with E-state index in [-0.39, 0.29) is 29.5 Å². The summed E-state index contributed by atoms with van der Waals surface area (Å²) in [5.41, 5.74) is 2.81. The zero-order valence-electron chi connectivity index (χ0n) is 25.3. The summed E-state index contributed by atoms with van der Waals surface area (Å²) < 4.78 is 35.0. The number of para-hydroxylation sites is 2. The Hall–Kier alpha value is -4.63. The maximum absolute atomic E-state index is 14.5. The molecule has 0 aromatic heterocycles. The topological polar surface area (TPSA) is 96.0 Å². The van der Waals surface area contributed by atoms with Crippen molar-refractivity contribution in [3.63, 3.8) is 0 Å². The third-order valence-electron chi connectivity index (χ3n) is 7.26. The second kappa shape index (κ2) is 15.2. The first-order valence-electron chi connectivity index (χ1n) is 14.6. The van der Waals surface area contributed by atoms with Crippen LogP contribution in [-0.2, 0) is 32.6 Å². The summed E-state index contributed by atoms with van der Waals surface area (Å²) >= 11 is 0. The highest BCUT2D eigenvalue weighted by Gasteiger charge is 2.35. The van der Waals surface area contributed by atoms with Crippen LogP contribution in [0.5, 0.6) is 5.75 Å². The van der Waals surface area contributed by atoms with Gasteiger partial charge in [0.1, 0.15) is 18.3 Å². The van der Waals surface area contributed by atoms with Gasteiger partial charge in [0.05, 0.1) is 17.7 Å². The Kier molecular flexibility index (Phi) is 11.2. The van der Waals surface area contributed by atoms with Gasteiger partial charge in [0.25, 0.3) is 10.0 Å². The van der Waals surface area contributed by atoms with Gasteiger partial charge in [0.15, 0.2) is 0 Å². The van der Waals surface area contributed by atoms with Crippen LogP contribution in [-0.4, -0.2) is 51.4 Å². The van der Waals surface area contributed by atoms with E-state index in [1.54, 1.807) is 36.4 Å². The number of carbonyl (C=O) groups excluding carboxylic acids is 2. The summed E-state index contributed by atoms with van der Waals surface area (Å²) in [7, 11) is -2.77. The lowest BCUT2D eigenvalue weighted by atomic mass is 10.0. The highest BCUT2D eigenvalue weighted by Crippen LogP contribution is 2.32. The van der Waals surface area contributed by atoms with Gasteiger partial charge in [-0.1, -0.05) is 97.4 Å². The average Bonchev–Trinajstić information content (AvgIpc) is 3.05. The molecule has 44 heavy (non-hydrogen) atoms. The molecule has 1 atom stereocenters. The molecular weight excluding hydrogens is 574 g/mol. The number of anilines is 1. The third-order valence-corrected chi connectivity index (χ3v) is 9.03. The van der Waals surface area contributed by atoms with Gasteiger partial charge in [0, 0.05) is 19.5 Å². The molecule has 4 aromatic carbocycles. The SMILES string of the molecule is CCCNC(=O)[C@@H](Cc1ccccc1)N(Cc1ccccc1)C(=O)CN(c1ccccc1OC)S(=O)(=O)c1ccc(C)cc1. The van der Waals surface area contributed by atoms with Crippen LogP contribution in [0.4, 0.5) is 5.69 Å². The number of hydrogen-bond donors (Lipinski definition) is 1. The van der Waals surface area contributed by atoms with E-state index in [4.69, 9.17) is 4.74 Å². The predicted molar refractivity (Wildman–Crippen MR) is 173 cm³/mol. The number of methoxy groups -OCH3 is 1. The smallest absolute Gasteiger partial charge is 0.264 e. The first-order valence-corrected chi connectivity index (χ1v) is 16.1. The van der Waals surface area contributed by atoms with Gasteiger partial charge < -0.3 is 15.0 Å². The molecule has 0 saturated carbocycles. The van der Waals surface area contributed by atoms with Crippen LogP contribution in [0.1, 0.15) is 30.0 Å². The quantitative estimate of drug-likeness (QED) is 0.207. The fraction of sp³-hybridized carbons (Fsp3) is 0.257. The Labute approximate surface area is 260 Å². The maximum Gasteiger partial charge on any atom is 0.264 e. The van der Waals surface area contributed by atoms with E-state index in [1.165, 1.54) is 24.1 Å². The lowest BCUT2D eigenvalue weighted by Crippen LogP contribution is -2.53. The summed E-state index contributed by atoms with van der Waals surface area (Å²) in [6.45, 7) is 3.85. The summed E-state index contributed by atoms with van der Waals surface area (Å²) in [6, 6.07) is 31.1. The Balaban J connectivity index is 1.81. The number of sulfonamides is 1. The number of ether oxygens (including phenoxy) is 1. The Bertz CT molecular complexity index is 1630. The molecule has 0 spiro atoms.